The third-order valence-electron chi connectivity index (χ3n) is 2.66. The van der Waals surface area contributed by atoms with Crippen molar-refractivity contribution < 1.29 is 0 Å². The molecule has 0 aliphatic heterocycles. The van der Waals surface area contributed by atoms with Crippen LogP contribution in [-0.4, -0.2) is 15.2 Å². The molecule has 0 bridgehead atoms. The van der Waals surface area contributed by atoms with Crippen molar-refractivity contribution >= 4 is 15.9 Å². The second kappa shape index (κ2) is 5.93. The minimum absolute atomic E-state index is 0.341. The summed E-state index contributed by atoms with van der Waals surface area (Å²) in [6.07, 6.45) is 2.56. The number of nitrogens with zero attached hydrogens (tertiary/aromatic N) is 2. The number of H-pyrrole nitrogens is 1. The van der Waals surface area contributed by atoms with Gasteiger partial charge in [-0.15, -0.1) is 0 Å². The topological polar surface area (TPSA) is 53.6 Å². The molecule has 1 atom stereocenters. The second-order valence-corrected chi connectivity index (χ2v) is 4.74. The molecule has 1 heterocycles. The Bertz CT molecular complexity index is 438. The number of benzene rings is 1. The van der Waals surface area contributed by atoms with Crippen LogP contribution in [0.5, 0.6) is 0 Å². The van der Waals surface area contributed by atoms with Gasteiger partial charge in [-0.1, -0.05) is 35.0 Å². The Morgan fingerprint density at radius 2 is 2.12 bits per heavy atom. The van der Waals surface area contributed by atoms with Crippen molar-refractivity contribution in [3.05, 3.63) is 46.5 Å². The molecule has 0 saturated heterocycles. The van der Waals surface area contributed by atoms with Crippen molar-refractivity contribution in [2.24, 2.45) is 0 Å². The molecule has 2 aromatic rings. The van der Waals surface area contributed by atoms with Crippen LogP contribution in [0.25, 0.3) is 0 Å². The lowest BCUT2D eigenvalue weighted by molar-refractivity contribution is 0.509. The summed E-state index contributed by atoms with van der Waals surface area (Å²) in [6, 6.07) is 8.73. The lowest BCUT2D eigenvalue weighted by atomic mass is 10.0. The van der Waals surface area contributed by atoms with Gasteiger partial charge in [0.1, 0.15) is 12.2 Å². The Balaban J connectivity index is 1.99. The summed E-state index contributed by atoms with van der Waals surface area (Å²) in [5.74, 6) is 0.862. The predicted octanol–water partition coefficient (Wildman–Crippen LogP) is 2.81. The highest BCUT2D eigenvalue weighted by Crippen LogP contribution is 2.19. The van der Waals surface area contributed by atoms with Crippen LogP contribution in [0.4, 0.5) is 0 Å². The van der Waals surface area contributed by atoms with E-state index in [4.69, 9.17) is 0 Å². The minimum Gasteiger partial charge on any atom is -0.303 e. The van der Waals surface area contributed by atoms with Crippen molar-refractivity contribution in [2.45, 2.75) is 25.9 Å². The van der Waals surface area contributed by atoms with Gasteiger partial charge in [0.2, 0.25) is 0 Å². The molecule has 0 aliphatic carbocycles. The third-order valence-corrected chi connectivity index (χ3v) is 3.19. The van der Waals surface area contributed by atoms with E-state index in [2.05, 4.69) is 67.6 Å². The maximum Gasteiger partial charge on any atom is 0.138 e. The van der Waals surface area contributed by atoms with E-state index in [1.165, 1.54) is 11.9 Å². The Morgan fingerprint density at radius 3 is 2.71 bits per heavy atom. The highest BCUT2D eigenvalue weighted by Gasteiger charge is 2.08. The van der Waals surface area contributed by atoms with E-state index in [1.54, 1.807) is 0 Å². The molecule has 1 aromatic heterocycles. The van der Waals surface area contributed by atoms with E-state index in [-0.39, 0.29) is 0 Å². The number of hydrogen-bond acceptors (Lipinski definition) is 3. The first-order valence-corrected chi connectivity index (χ1v) is 6.42. The van der Waals surface area contributed by atoms with Gasteiger partial charge in [0.25, 0.3) is 0 Å². The van der Waals surface area contributed by atoms with E-state index in [1.807, 2.05) is 0 Å². The second-order valence-electron chi connectivity index (χ2n) is 3.83. The number of aromatic nitrogens is 3. The fourth-order valence-corrected chi connectivity index (χ4v) is 1.99. The molecule has 17 heavy (non-hydrogen) atoms. The quantitative estimate of drug-likeness (QED) is 0.892. The average molecular weight is 295 g/mol. The molecule has 0 amide bonds. The summed E-state index contributed by atoms with van der Waals surface area (Å²) in [6.45, 7) is 2.87. The zero-order valence-electron chi connectivity index (χ0n) is 9.65. The number of aromatic amines is 1. The van der Waals surface area contributed by atoms with Gasteiger partial charge in [-0.2, -0.15) is 5.10 Å². The zero-order valence-corrected chi connectivity index (χ0v) is 11.2. The highest BCUT2D eigenvalue weighted by molar-refractivity contribution is 9.10. The monoisotopic (exact) mass is 294 g/mol. The molecule has 0 saturated carbocycles. The standard InChI is InChI=1S/C12H15BrN4/c1-2-11(9-3-5-10(13)6-4-9)14-7-12-15-8-16-17-12/h3-6,8,11,14H,2,7H2,1H3,(H,15,16,17). The van der Waals surface area contributed by atoms with Crippen molar-refractivity contribution in [3.8, 4) is 0 Å². The van der Waals surface area contributed by atoms with E-state index < -0.39 is 0 Å². The summed E-state index contributed by atoms with van der Waals surface area (Å²) in [5, 5.41) is 10.1. The molecule has 2 N–H and O–H groups in total. The lowest BCUT2D eigenvalue weighted by Crippen LogP contribution is -2.20. The highest BCUT2D eigenvalue weighted by atomic mass is 79.9. The molecule has 0 aliphatic rings. The van der Waals surface area contributed by atoms with Crippen LogP contribution in [0.1, 0.15) is 30.8 Å². The molecular weight excluding hydrogens is 280 g/mol. The first-order valence-electron chi connectivity index (χ1n) is 5.62. The Hall–Kier alpha value is -1.20. The first-order chi connectivity index (χ1) is 8.29. The first kappa shape index (κ1) is 12.3. The molecule has 90 valence electrons. The predicted molar refractivity (Wildman–Crippen MR) is 70.4 cm³/mol. The van der Waals surface area contributed by atoms with Gasteiger partial charge < -0.3 is 5.32 Å². The van der Waals surface area contributed by atoms with Gasteiger partial charge in [0, 0.05) is 10.5 Å². The minimum atomic E-state index is 0.341. The molecule has 2 rings (SSSR count). The largest absolute Gasteiger partial charge is 0.303 e. The van der Waals surface area contributed by atoms with Gasteiger partial charge in [-0.05, 0) is 24.1 Å². The zero-order chi connectivity index (χ0) is 12.1. The summed E-state index contributed by atoms with van der Waals surface area (Å²) in [4.78, 5) is 4.09. The molecule has 0 fully saturated rings. The summed E-state index contributed by atoms with van der Waals surface area (Å²) in [5.41, 5.74) is 1.29. The maximum absolute atomic E-state index is 4.09. The van der Waals surface area contributed by atoms with E-state index in [0.29, 0.717) is 12.6 Å². The van der Waals surface area contributed by atoms with Gasteiger partial charge in [0.05, 0.1) is 6.54 Å². The van der Waals surface area contributed by atoms with Crippen LogP contribution < -0.4 is 5.32 Å². The van der Waals surface area contributed by atoms with Crippen molar-refractivity contribution in [2.75, 3.05) is 0 Å². The van der Waals surface area contributed by atoms with Crippen LogP contribution >= 0.6 is 15.9 Å². The molecular formula is C12H15BrN4. The van der Waals surface area contributed by atoms with Crippen molar-refractivity contribution in [1.82, 2.24) is 20.5 Å². The van der Waals surface area contributed by atoms with Crippen LogP contribution in [0, 0.1) is 0 Å². The molecule has 0 radical (unpaired) electrons. The molecule has 5 heteroatoms. The normalized spacial score (nSPS) is 12.6. The lowest BCUT2D eigenvalue weighted by Gasteiger charge is -2.16. The van der Waals surface area contributed by atoms with Crippen molar-refractivity contribution in [1.29, 1.82) is 0 Å². The van der Waals surface area contributed by atoms with E-state index in [0.717, 1.165) is 16.7 Å². The smallest absolute Gasteiger partial charge is 0.138 e. The van der Waals surface area contributed by atoms with Crippen LogP contribution in [0.15, 0.2) is 35.1 Å². The fraction of sp³-hybridized carbons (Fsp3) is 0.333. The van der Waals surface area contributed by atoms with E-state index in [9.17, 15) is 0 Å². The number of rotatable bonds is 5. The van der Waals surface area contributed by atoms with Crippen molar-refractivity contribution in [3.63, 3.8) is 0 Å². The summed E-state index contributed by atoms with van der Waals surface area (Å²) < 4.78 is 1.10. The summed E-state index contributed by atoms with van der Waals surface area (Å²) >= 11 is 3.44. The molecule has 1 unspecified atom stereocenters. The number of nitrogens with one attached hydrogen (secondary N) is 2. The molecule has 4 nitrogen and oxygen atoms in total. The van der Waals surface area contributed by atoms with Gasteiger partial charge >= 0.3 is 0 Å². The fourth-order valence-electron chi connectivity index (χ4n) is 1.73. The average Bonchev–Trinajstić information content (AvgIpc) is 2.85. The molecule has 1 aromatic carbocycles. The number of halogens is 1. The Morgan fingerprint density at radius 1 is 1.35 bits per heavy atom. The van der Waals surface area contributed by atoms with E-state index >= 15 is 0 Å². The van der Waals surface area contributed by atoms with Gasteiger partial charge in [0.15, 0.2) is 0 Å². The Labute approximate surface area is 109 Å². The maximum atomic E-state index is 4.09. The van der Waals surface area contributed by atoms with Crippen LogP contribution in [0.3, 0.4) is 0 Å². The third kappa shape index (κ3) is 3.38. The van der Waals surface area contributed by atoms with Crippen LogP contribution in [-0.2, 0) is 6.54 Å². The number of hydrogen-bond donors (Lipinski definition) is 2. The van der Waals surface area contributed by atoms with Crippen LogP contribution in [0.2, 0.25) is 0 Å². The van der Waals surface area contributed by atoms with Gasteiger partial charge in [-0.25, -0.2) is 4.98 Å². The molecule has 0 spiro atoms. The Kier molecular flexibility index (Phi) is 4.28. The summed E-state index contributed by atoms with van der Waals surface area (Å²) in [7, 11) is 0. The SMILES string of the molecule is CCC(NCc1ncn[nH]1)c1ccc(Br)cc1. The van der Waals surface area contributed by atoms with Gasteiger partial charge in [-0.3, -0.25) is 5.10 Å².